The van der Waals surface area contributed by atoms with Crippen LogP contribution in [0.2, 0.25) is 0 Å². The van der Waals surface area contributed by atoms with Gasteiger partial charge in [0.25, 0.3) is 5.56 Å². The molecular formula is C17H11BrFN3O2. The molecule has 0 fully saturated rings. The van der Waals surface area contributed by atoms with E-state index in [9.17, 15) is 9.18 Å². The summed E-state index contributed by atoms with van der Waals surface area (Å²) in [6.07, 6.45) is 0. The van der Waals surface area contributed by atoms with Gasteiger partial charge in [-0.3, -0.25) is 9.36 Å². The van der Waals surface area contributed by atoms with Gasteiger partial charge in [0.05, 0.1) is 30.3 Å². The number of aromatic nitrogens is 2. The van der Waals surface area contributed by atoms with E-state index in [1.165, 1.54) is 29.9 Å². The number of benzene rings is 2. The highest BCUT2D eigenvalue weighted by Gasteiger charge is 2.14. The molecule has 3 aromatic rings. The number of methoxy groups -OCH3 is 1. The monoisotopic (exact) mass is 387 g/mol. The third-order valence-corrected chi connectivity index (χ3v) is 4.21. The number of hydrogen-bond donors (Lipinski definition) is 0. The van der Waals surface area contributed by atoms with Crippen LogP contribution in [0.25, 0.3) is 21.4 Å². The number of rotatable bonds is 2. The molecule has 5 nitrogen and oxygen atoms in total. The lowest BCUT2D eigenvalue weighted by Crippen LogP contribution is -2.22. The zero-order valence-electron chi connectivity index (χ0n) is 12.8. The summed E-state index contributed by atoms with van der Waals surface area (Å²) in [5.74, 6) is -0.0675. The molecule has 0 N–H and O–H groups in total. The summed E-state index contributed by atoms with van der Waals surface area (Å²) in [6.45, 7) is 8.80. The Bertz CT molecular complexity index is 1070. The summed E-state index contributed by atoms with van der Waals surface area (Å²) in [5.41, 5.74) is 0.766. The van der Waals surface area contributed by atoms with Gasteiger partial charge in [0, 0.05) is 10.5 Å². The fourth-order valence-corrected chi connectivity index (χ4v) is 3.04. The molecule has 0 aliphatic carbocycles. The zero-order valence-corrected chi connectivity index (χ0v) is 14.4. The van der Waals surface area contributed by atoms with Crippen LogP contribution in [0.3, 0.4) is 0 Å². The van der Waals surface area contributed by atoms with Crippen LogP contribution in [0.1, 0.15) is 5.82 Å². The van der Waals surface area contributed by atoms with E-state index < -0.39 is 5.82 Å². The van der Waals surface area contributed by atoms with Gasteiger partial charge in [0.1, 0.15) is 5.82 Å². The second kappa shape index (κ2) is 6.06. The fourth-order valence-electron chi connectivity index (χ4n) is 2.50. The van der Waals surface area contributed by atoms with E-state index in [2.05, 4.69) is 25.8 Å². The molecule has 24 heavy (non-hydrogen) atoms. The minimum atomic E-state index is -0.572. The minimum Gasteiger partial charge on any atom is -0.494 e. The summed E-state index contributed by atoms with van der Waals surface area (Å²) in [7, 11) is 1.37. The standard InChI is InChI=1S/C17H11BrFN3O2/c1-9-21-16-12(6-10(20-2)7-13(16)18)17(23)22(9)11-4-5-15(24-3)14(19)8-11/h4-8H,1,3H3. The largest absolute Gasteiger partial charge is 0.494 e. The van der Waals surface area contributed by atoms with E-state index in [1.807, 2.05) is 0 Å². The zero-order chi connectivity index (χ0) is 17.4. The maximum atomic E-state index is 14.0. The SMILES string of the molecule is [C-]#[N+]c1cc(Br)c2nc(C)n(-c3ccc(OC)c(F)c3)c(=O)c2c1. The van der Waals surface area contributed by atoms with Crippen LogP contribution in [0, 0.1) is 19.3 Å². The number of fused-ring (bicyclic) bond motifs is 1. The van der Waals surface area contributed by atoms with Gasteiger partial charge in [-0.05, 0) is 47.1 Å². The molecule has 0 unspecified atom stereocenters. The van der Waals surface area contributed by atoms with Crippen molar-refractivity contribution >= 4 is 32.5 Å². The van der Waals surface area contributed by atoms with Crippen molar-refractivity contribution in [3.8, 4) is 11.4 Å². The highest BCUT2D eigenvalue weighted by atomic mass is 79.9. The Morgan fingerprint density at radius 2 is 2.08 bits per heavy atom. The normalized spacial score (nSPS) is 10.6. The Labute approximate surface area is 145 Å². The van der Waals surface area contributed by atoms with E-state index in [1.54, 1.807) is 19.1 Å². The quantitative estimate of drug-likeness (QED) is 0.620. The average Bonchev–Trinajstić information content (AvgIpc) is 2.56. The van der Waals surface area contributed by atoms with Crippen LogP contribution in [0.15, 0.2) is 39.6 Å². The first-order chi connectivity index (χ1) is 11.5. The van der Waals surface area contributed by atoms with Crippen LogP contribution in [0.5, 0.6) is 5.75 Å². The first kappa shape index (κ1) is 16.1. The minimum absolute atomic E-state index is 0.0937. The molecule has 0 spiro atoms. The molecule has 0 saturated heterocycles. The summed E-state index contributed by atoms with van der Waals surface area (Å²) in [5, 5.41) is 0.289. The van der Waals surface area contributed by atoms with Gasteiger partial charge >= 0.3 is 0 Å². The molecule has 0 aliphatic heterocycles. The van der Waals surface area contributed by atoms with Crippen molar-refractivity contribution in [1.29, 1.82) is 0 Å². The lowest BCUT2D eigenvalue weighted by Gasteiger charge is -2.13. The predicted octanol–water partition coefficient (Wildman–Crippen LogP) is 4.16. The maximum absolute atomic E-state index is 14.0. The Morgan fingerprint density at radius 3 is 2.71 bits per heavy atom. The Balaban J connectivity index is 2.35. The first-order valence-electron chi connectivity index (χ1n) is 6.90. The van der Waals surface area contributed by atoms with Gasteiger partial charge in [-0.2, -0.15) is 0 Å². The molecule has 2 aromatic carbocycles. The second-order valence-electron chi connectivity index (χ2n) is 5.05. The van der Waals surface area contributed by atoms with E-state index in [0.717, 1.165) is 0 Å². The molecule has 0 amide bonds. The van der Waals surface area contributed by atoms with Crippen molar-refractivity contribution in [1.82, 2.24) is 9.55 Å². The lowest BCUT2D eigenvalue weighted by atomic mass is 10.2. The average molecular weight is 388 g/mol. The van der Waals surface area contributed by atoms with Crippen molar-refractivity contribution in [2.24, 2.45) is 0 Å². The molecule has 0 saturated carbocycles. The molecule has 0 atom stereocenters. The molecule has 7 heteroatoms. The number of halogens is 2. The molecular weight excluding hydrogens is 377 g/mol. The molecule has 0 radical (unpaired) electrons. The third kappa shape index (κ3) is 2.55. The molecule has 1 aromatic heterocycles. The molecule has 0 bridgehead atoms. The van der Waals surface area contributed by atoms with E-state index in [-0.39, 0.29) is 16.7 Å². The maximum Gasteiger partial charge on any atom is 0.264 e. The molecule has 120 valence electrons. The van der Waals surface area contributed by atoms with Crippen molar-refractivity contribution in [2.75, 3.05) is 7.11 Å². The number of hydrogen-bond acceptors (Lipinski definition) is 3. The summed E-state index contributed by atoms with van der Waals surface area (Å²) in [4.78, 5) is 20.7. The van der Waals surface area contributed by atoms with Gasteiger partial charge in [0.2, 0.25) is 0 Å². The topological polar surface area (TPSA) is 48.5 Å². The van der Waals surface area contributed by atoms with Crippen LogP contribution in [0.4, 0.5) is 10.1 Å². The molecule has 3 rings (SSSR count). The third-order valence-electron chi connectivity index (χ3n) is 3.60. The number of nitrogens with zero attached hydrogens (tertiary/aromatic N) is 3. The highest BCUT2D eigenvalue weighted by molar-refractivity contribution is 9.10. The Hall–Kier alpha value is -2.72. The van der Waals surface area contributed by atoms with Gasteiger partial charge in [-0.1, -0.05) is 0 Å². The highest BCUT2D eigenvalue weighted by Crippen LogP contribution is 2.28. The second-order valence-corrected chi connectivity index (χ2v) is 5.91. The smallest absolute Gasteiger partial charge is 0.264 e. The van der Waals surface area contributed by atoms with Gasteiger partial charge in [-0.15, -0.1) is 0 Å². The first-order valence-corrected chi connectivity index (χ1v) is 7.70. The van der Waals surface area contributed by atoms with E-state index in [4.69, 9.17) is 11.3 Å². The molecule has 0 aliphatic rings. The van der Waals surface area contributed by atoms with Crippen molar-refractivity contribution in [3.63, 3.8) is 0 Å². The van der Waals surface area contributed by atoms with Gasteiger partial charge in [-0.25, -0.2) is 14.2 Å². The van der Waals surface area contributed by atoms with Crippen LogP contribution in [-0.2, 0) is 0 Å². The van der Waals surface area contributed by atoms with E-state index >= 15 is 0 Å². The molecule has 1 heterocycles. The van der Waals surface area contributed by atoms with Gasteiger partial charge < -0.3 is 4.74 Å². The fraction of sp³-hybridized carbons (Fsp3) is 0.118. The van der Waals surface area contributed by atoms with Crippen molar-refractivity contribution in [3.05, 3.63) is 68.2 Å². The van der Waals surface area contributed by atoms with Crippen molar-refractivity contribution in [2.45, 2.75) is 6.92 Å². The summed E-state index contributed by atoms with van der Waals surface area (Å²) in [6, 6.07) is 7.34. The summed E-state index contributed by atoms with van der Waals surface area (Å²) >= 11 is 3.34. The van der Waals surface area contributed by atoms with E-state index in [0.29, 0.717) is 27.2 Å². The Morgan fingerprint density at radius 1 is 1.33 bits per heavy atom. The predicted molar refractivity (Wildman–Crippen MR) is 92.5 cm³/mol. The van der Waals surface area contributed by atoms with Gasteiger partial charge in [0.15, 0.2) is 17.3 Å². The van der Waals surface area contributed by atoms with Crippen molar-refractivity contribution < 1.29 is 9.13 Å². The number of ether oxygens (including phenoxy) is 1. The van der Waals surface area contributed by atoms with Crippen LogP contribution in [-0.4, -0.2) is 16.7 Å². The lowest BCUT2D eigenvalue weighted by molar-refractivity contribution is 0.386. The van der Waals surface area contributed by atoms with Crippen LogP contribution >= 0.6 is 15.9 Å². The summed E-state index contributed by atoms with van der Waals surface area (Å²) < 4.78 is 20.8. The Kier molecular flexibility index (Phi) is 4.08. The van der Waals surface area contributed by atoms with Crippen LogP contribution < -0.4 is 10.3 Å². The number of aryl methyl sites for hydroxylation is 1.